The highest BCUT2D eigenvalue weighted by molar-refractivity contribution is 6.30. The number of hydrogen-bond acceptors (Lipinski definition) is 1. The lowest BCUT2D eigenvalue weighted by Crippen LogP contribution is -2.05. The highest BCUT2D eigenvalue weighted by Gasteiger charge is 2.14. The van der Waals surface area contributed by atoms with E-state index in [2.05, 4.69) is 61.5 Å². The predicted molar refractivity (Wildman–Crippen MR) is 108 cm³/mol. The fourth-order valence-electron chi connectivity index (χ4n) is 3.29. The van der Waals surface area contributed by atoms with E-state index in [1.165, 1.54) is 28.2 Å². The van der Waals surface area contributed by atoms with E-state index in [1.54, 1.807) is 0 Å². The Bertz CT molecular complexity index is 935. The highest BCUT2D eigenvalue weighted by Crippen LogP contribution is 2.26. The second-order valence-electron chi connectivity index (χ2n) is 6.34. The molecule has 0 radical (unpaired) electrons. The van der Waals surface area contributed by atoms with Crippen LogP contribution in [0, 0.1) is 20.8 Å². The molecule has 25 heavy (non-hydrogen) atoms. The van der Waals surface area contributed by atoms with Gasteiger partial charge in [0.15, 0.2) is 0 Å². The molecule has 0 atom stereocenters. The van der Waals surface area contributed by atoms with E-state index >= 15 is 0 Å². The summed E-state index contributed by atoms with van der Waals surface area (Å²) in [5.74, 6) is 0. The maximum Gasteiger partial charge on any atom is 0.0644 e. The molecule has 1 heterocycles. The largest absolute Gasteiger partial charge is 0.317 e. The second kappa shape index (κ2) is 7.28. The molecule has 0 aliphatic heterocycles. The highest BCUT2D eigenvalue weighted by atomic mass is 35.5. The zero-order valence-corrected chi connectivity index (χ0v) is 15.9. The molecule has 3 heteroatoms. The molecule has 3 aromatic rings. The first-order valence-corrected chi connectivity index (χ1v) is 8.96. The van der Waals surface area contributed by atoms with Crippen LogP contribution in [0.15, 0.2) is 53.5 Å². The van der Waals surface area contributed by atoms with Gasteiger partial charge in [-0.3, -0.25) is 4.99 Å². The van der Waals surface area contributed by atoms with Crippen LogP contribution in [0.3, 0.4) is 0 Å². The van der Waals surface area contributed by atoms with Gasteiger partial charge in [-0.15, -0.1) is 0 Å². The van der Waals surface area contributed by atoms with Gasteiger partial charge in [-0.05, 0) is 62.6 Å². The molecular weight excluding hydrogens is 328 g/mol. The van der Waals surface area contributed by atoms with Gasteiger partial charge in [-0.1, -0.05) is 42.8 Å². The number of halogens is 1. The van der Waals surface area contributed by atoms with Gasteiger partial charge < -0.3 is 4.57 Å². The van der Waals surface area contributed by atoms with Gasteiger partial charge in [0.1, 0.15) is 0 Å². The van der Waals surface area contributed by atoms with Crippen LogP contribution in [-0.2, 0) is 6.42 Å². The van der Waals surface area contributed by atoms with Crippen molar-refractivity contribution in [2.45, 2.75) is 34.1 Å². The van der Waals surface area contributed by atoms with Crippen molar-refractivity contribution in [2.75, 3.05) is 0 Å². The summed E-state index contributed by atoms with van der Waals surface area (Å²) in [5.41, 5.74) is 8.36. The minimum atomic E-state index is 0.702. The van der Waals surface area contributed by atoms with Crippen LogP contribution in [0.2, 0.25) is 5.02 Å². The van der Waals surface area contributed by atoms with Gasteiger partial charge in [0.05, 0.1) is 11.4 Å². The van der Waals surface area contributed by atoms with Gasteiger partial charge in [0, 0.05) is 28.2 Å². The quantitative estimate of drug-likeness (QED) is 0.486. The monoisotopic (exact) mass is 350 g/mol. The Labute approximate surface area is 154 Å². The molecule has 0 aliphatic rings. The molecule has 0 saturated heterocycles. The number of para-hydroxylation sites is 1. The van der Waals surface area contributed by atoms with Gasteiger partial charge in [-0.25, -0.2) is 0 Å². The maximum absolute atomic E-state index is 6.04. The number of benzene rings is 2. The van der Waals surface area contributed by atoms with E-state index in [0.29, 0.717) is 5.02 Å². The summed E-state index contributed by atoms with van der Waals surface area (Å²) in [5, 5.41) is 0.702. The van der Waals surface area contributed by atoms with E-state index < -0.39 is 0 Å². The lowest BCUT2D eigenvalue weighted by molar-refractivity contribution is 0.926. The lowest BCUT2D eigenvalue weighted by Gasteiger charge is -2.17. The maximum atomic E-state index is 6.04. The fourth-order valence-corrected chi connectivity index (χ4v) is 3.47. The SMILES string of the molecule is CCc1cccc(C)c1-n1c(C)cc(C=Nc2cccc(Cl)c2)c1C. The molecule has 0 bridgehead atoms. The number of nitrogens with zero attached hydrogens (tertiary/aromatic N) is 2. The molecule has 0 aliphatic carbocycles. The van der Waals surface area contributed by atoms with Gasteiger partial charge in [0.2, 0.25) is 0 Å². The molecule has 0 spiro atoms. The number of aryl methyl sites for hydroxylation is 3. The topological polar surface area (TPSA) is 17.3 Å². The van der Waals surface area contributed by atoms with Crippen molar-refractivity contribution in [2.24, 2.45) is 4.99 Å². The molecular formula is C22H23ClN2. The summed E-state index contributed by atoms with van der Waals surface area (Å²) >= 11 is 6.04. The third-order valence-corrected chi connectivity index (χ3v) is 4.79. The lowest BCUT2D eigenvalue weighted by atomic mass is 10.1. The zero-order valence-electron chi connectivity index (χ0n) is 15.2. The average Bonchev–Trinajstić information content (AvgIpc) is 2.87. The van der Waals surface area contributed by atoms with Crippen LogP contribution in [0.1, 0.15) is 35.0 Å². The van der Waals surface area contributed by atoms with E-state index in [1.807, 2.05) is 30.5 Å². The molecule has 0 fully saturated rings. The third-order valence-electron chi connectivity index (χ3n) is 4.56. The molecule has 0 unspecified atom stereocenters. The zero-order chi connectivity index (χ0) is 18.0. The molecule has 2 nitrogen and oxygen atoms in total. The van der Waals surface area contributed by atoms with Crippen molar-refractivity contribution in [3.8, 4) is 5.69 Å². The van der Waals surface area contributed by atoms with Gasteiger partial charge in [0.25, 0.3) is 0 Å². The van der Waals surface area contributed by atoms with Gasteiger partial charge >= 0.3 is 0 Å². The predicted octanol–water partition coefficient (Wildman–Crippen LogP) is 6.37. The summed E-state index contributed by atoms with van der Waals surface area (Å²) < 4.78 is 2.34. The smallest absolute Gasteiger partial charge is 0.0644 e. The van der Waals surface area contributed by atoms with E-state index in [9.17, 15) is 0 Å². The molecule has 3 rings (SSSR count). The molecule has 128 valence electrons. The van der Waals surface area contributed by atoms with Crippen molar-refractivity contribution in [1.29, 1.82) is 0 Å². The van der Waals surface area contributed by atoms with Crippen LogP contribution in [0.5, 0.6) is 0 Å². The van der Waals surface area contributed by atoms with E-state index in [0.717, 1.165) is 17.7 Å². The molecule has 1 aromatic heterocycles. The Morgan fingerprint density at radius 1 is 1.04 bits per heavy atom. The van der Waals surface area contributed by atoms with Crippen molar-refractivity contribution in [3.63, 3.8) is 0 Å². The van der Waals surface area contributed by atoms with E-state index in [-0.39, 0.29) is 0 Å². The molecule has 0 saturated carbocycles. The first kappa shape index (κ1) is 17.5. The van der Waals surface area contributed by atoms with Crippen LogP contribution < -0.4 is 0 Å². The van der Waals surface area contributed by atoms with Crippen molar-refractivity contribution < 1.29 is 0 Å². The number of hydrogen-bond donors (Lipinski definition) is 0. The summed E-state index contributed by atoms with van der Waals surface area (Å²) in [4.78, 5) is 4.59. The summed E-state index contributed by atoms with van der Waals surface area (Å²) in [6, 6.07) is 16.3. The summed E-state index contributed by atoms with van der Waals surface area (Å²) in [6.07, 6.45) is 2.94. The average molecular weight is 351 g/mol. The van der Waals surface area contributed by atoms with Crippen LogP contribution in [0.4, 0.5) is 5.69 Å². The minimum absolute atomic E-state index is 0.702. The molecule has 0 amide bonds. The van der Waals surface area contributed by atoms with Gasteiger partial charge in [-0.2, -0.15) is 0 Å². The fraction of sp³-hybridized carbons (Fsp3) is 0.227. The van der Waals surface area contributed by atoms with Crippen LogP contribution >= 0.6 is 11.6 Å². The Balaban J connectivity index is 2.06. The Kier molecular flexibility index (Phi) is 5.10. The van der Waals surface area contributed by atoms with Crippen molar-refractivity contribution in [3.05, 3.63) is 81.6 Å². The Morgan fingerprint density at radius 2 is 1.80 bits per heavy atom. The number of rotatable bonds is 4. The number of aromatic nitrogens is 1. The van der Waals surface area contributed by atoms with Crippen LogP contribution in [0.25, 0.3) is 5.69 Å². The second-order valence-corrected chi connectivity index (χ2v) is 6.77. The Morgan fingerprint density at radius 3 is 2.52 bits per heavy atom. The first-order chi connectivity index (χ1) is 12.0. The Hall–Kier alpha value is -2.32. The molecule has 0 N–H and O–H groups in total. The van der Waals surface area contributed by atoms with Crippen molar-refractivity contribution in [1.82, 2.24) is 4.57 Å². The summed E-state index contributed by atoms with van der Waals surface area (Å²) in [7, 11) is 0. The minimum Gasteiger partial charge on any atom is -0.317 e. The summed E-state index contributed by atoms with van der Waals surface area (Å²) in [6.45, 7) is 8.68. The van der Waals surface area contributed by atoms with Crippen LogP contribution in [-0.4, -0.2) is 10.8 Å². The normalized spacial score (nSPS) is 11.4. The first-order valence-electron chi connectivity index (χ1n) is 8.58. The molecule has 2 aromatic carbocycles. The number of aliphatic imine (C=N–C) groups is 1. The van der Waals surface area contributed by atoms with E-state index in [4.69, 9.17) is 11.6 Å². The third kappa shape index (κ3) is 3.54. The standard InChI is InChI=1S/C22H23ClN2/c1-5-18-9-6-8-15(2)22(18)25-16(3)12-19(17(25)4)14-24-21-11-7-10-20(23)13-21/h6-14H,5H2,1-4H3. The van der Waals surface area contributed by atoms with Crippen molar-refractivity contribution >= 4 is 23.5 Å².